The third kappa shape index (κ3) is 3.44. The lowest BCUT2D eigenvalue weighted by Crippen LogP contribution is -2.33. The van der Waals surface area contributed by atoms with Crippen molar-refractivity contribution in [2.45, 2.75) is 26.4 Å². The smallest absolute Gasteiger partial charge is 0.416 e. The van der Waals surface area contributed by atoms with E-state index in [2.05, 4.69) is 0 Å². The quantitative estimate of drug-likeness (QED) is 0.475. The molecule has 1 fully saturated rings. The Kier molecular flexibility index (Phi) is 4.73. The minimum Gasteiger partial charge on any atom is -0.466 e. The van der Waals surface area contributed by atoms with Crippen LogP contribution in [0.3, 0.4) is 0 Å². The Morgan fingerprint density at radius 1 is 1.46 bits per heavy atom. The van der Waals surface area contributed by atoms with Gasteiger partial charge >= 0.3 is 12.1 Å². The number of halogens is 3. The lowest BCUT2D eigenvalue weighted by atomic mass is 9.90. The molecule has 0 aromatic heterocycles. The second-order valence-electron chi connectivity index (χ2n) is 5.91. The molecule has 0 amide bonds. The molecule has 1 aliphatic rings. The van der Waals surface area contributed by atoms with E-state index in [0.29, 0.717) is 19.0 Å². The minimum absolute atomic E-state index is 0.0704. The second-order valence-corrected chi connectivity index (χ2v) is 5.91. The molecular formula is C15H17F3N2O4. The zero-order chi connectivity index (χ0) is 18.1. The molecule has 0 bridgehead atoms. The van der Waals surface area contributed by atoms with Crippen molar-refractivity contribution in [3.8, 4) is 0 Å². The SMILES string of the molecule is CCOC(=O)C1(C)CCN(c2ccc(C(F)(F)F)cc2[N+](=O)[O-])C1. The van der Waals surface area contributed by atoms with Gasteiger partial charge in [0.25, 0.3) is 5.69 Å². The molecule has 0 saturated carbocycles. The molecule has 6 nitrogen and oxygen atoms in total. The van der Waals surface area contributed by atoms with Crippen LogP contribution in [-0.2, 0) is 15.7 Å². The Balaban J connectivity index is 2.33. The standard InChI is InChI=1S/C15H17F3N2O4/c1-3-24-13(21)14(2)6-7-19(9-14)11-5-4-10(15(16,17)18)8-12(11)20(22)23/h4-5,8H,3,6-7,9H2,1-2H3. The van der Waals surface area contributed by atoms with E-state index in [9.17, 15) is 28.1 Å². The van der Waals surface area contributed by atoms with Gasteiger partial charge in [0, 0.05) is 19.2 Å². The van der Waals surface area contributed by atoms with Gasteiger partial charge in [-0.15, -0.1) is 0 Å². The average molecular weight is 346 g/mol. The number of alkyl halides is 3. The molecule has 0 aliphatic carbocycles. The van der Waals surface area contributed by atoms with Crippen LogP contribution in [0.1, 0.15) is 25.8 Å². The summed E-state index contributed by atoms with van der Waals surface area (Å²) >= 11 is 0. The lowest BCUT2D eigenvalue weighted by Gasteiger charge is -2.23. The second kappa shape index (κ2) is 6.29. The number of carbonyl (C=O) groups excluding carboxylic acids is 1. The molecule has 1 unspecified atom stereocenters. The van der Waals surface area contributed by atoms with Crippen LogP contribution in [0.4, 0.5) is 24.5 Å². The number of hydrogen-bond acceptors (Lipinski definition) is 5. The van der Waals surface area contributed by atoms with Gasteiger partial charge in [-0.2, -0.15) is 13.2 Å². The molecule has 24 heavy (non-hydrogen) atoms. The fourth-order valence-corrected chi connectivity index (χ4v) is 2.75. The van der Waals surface area contributed by atoms with E-state index in [0.717, 1.165) is 12.1 Å². The number of nitro benzene ring substituents is 1. The Morgan fingerprint density at radius 2 is 2.12 bits per heavy atom. The number of nitro groups is 1. The Morgan fingerprint density at radius 3 is 2.67 bits per heavy atom. The van der Waals surface area contributed by atoms with Crippen LogP contribution in [0.25, 0.3) is 0 Å². The fraction of sp³-hybridized carbons (Fsp3) is 0.533. The van der Waals surface area contributed by atoms with Crippen LogP contribution in [0.15, 0.2) is 18.2 Å². The Hall–Kier alpha value is -2.32. The van der Waals surface area contributed by atoms with Crippen LogP contribution in [0.5, 0.6) is 0 Å². The van der Waals surface area contributed by atoms with Crippen molar-refractivity contribution < 1.29 is 27.6 Å². The molecular weight excluding hydrogens is 329 g/mol. The minimum atomic E-state index is -4.66. The maximum absolute atomic E-state index is 12.8. The zero-order valence-electron chi connectivity index (χ0n) is 13.2. The van der Waals surface area contributed by atoms with Gasteiger partial charge in [-0.05, 0) is 32.4 Å². The number of hydrogen-bond donors (Lipinski definition) is 0. The van der Waals surface area contributed by atoms with Crippen molar-refractivity contribution in [3.05, 3.63) is 33.9 Å². The Bertz CT molecular complexity index is 663. The first-order chi connectivity index (χ1) is 11.1. The number of esters is 1. The first kappa shape index (κ1) is 18.0. The summed E-state index contributed by atoms with van der Waals surface area (Å²) < 4.78 is 43.3. The molecule has 1 aromatic rings. The summed E-state index contributed by atoms with van der Waals surface area (Å²) in [5.74, 6) is -0.415. The van der Waals surface area contributed by atoms with Crippen molar-refractivity contribution in [3.63, 3.8) is 0 Å². The Labute approximate surface area is 136 Å². The molecule has 1 aromatic carbocycles. The van der Waals surface area contributed by atoms with Gasteiger partial charge < -0.3 is 9.64 Å². The van der Waals surface area contributed by atoms with Crippen molar-refractivity contribution in [2.24, 2.45) is 5.41 Å². The van der Waals surface area contributed by atoms with Crippen molar-refractivity contribution in [2.75, 3.05) is 24.6 Å². The molecule has 0 radical (unpaired) electrons. The summed E-state index contributed by atoms with van der Waals surface area (Å²) in [6, 6.07) is 2.41. The van der Waals surface area contributed by atoms with Gasteiger partial charge in [-0.25, -0.2) is 0 Å². The predicted molar refractivity (Wildman–Crippen MR) is 79.7 cm³/mol. The van der Waals surface area contributed by atoms with Gasteiger partial charge in [0.15, 0.2) is 0 Å². The highest BCUT2D eigenvalue weighted by molar-refractivity contribution is 5.79. The van der Waals surface area contributed by atoms with Crippen LogP contribution in [-0.4, -0.2) is 30.6 Å². The highest BCUT2D eigenvalue weighted by Crippen LogP contribution is 2.40. The fourth-order valence-electron chi connectivity index (χ4n) is 2.75. The summed E-state index contributed by atoms with van der Waals surface area (Å²) in [5, 5.41) is 11.2. The van der Waals surface area contributed by atoms with E-state index in [1.807, 2.05) is 0 Å². The largest absolute Gasteiger partial charge is 0.466 e. The van der Waals surface area contributed by atoms with Crippen LogP contribution in [0, 0.1) is 15.5 Å². The number of nitrogens with zero attached hydrogens (tertiary/aromatic N) is 2. The topological polar surface area (TPSA) is 72.7 Å². The average Bonchev–Trinajstić information content (AvgIpc) is 2.89. The van der Waals surface area contributed by atoms with Crippen molar-refractivity contribution in [1.29, 1.82) is 0 Å². The van der Waals surface area contributed by atoms with Gasteiger partial charge in [0.1, 0.15) is 5.69 Å². The number of rotatable bonds is 4. The maximum atomic E-state index is 12.8. The van der Waals surface area contributed by atoms with E-state index < -0.39 is 33.7 Å². The van der Waals surface area contributed by atoms with E-state index in [1.54, 1.807) is 18.7 Å². The monoisotopic (exact) mass is 346 g/mol. The predicted octanol–water partition coefficient (Wildman–Crippen LogP) is 3.39. The molecule has 2 rings (SSSR count). The first-order valence-corrected chi connectivity index (χ1v) is 7.36. The normalized spacial score (nSPS) is 21.0. The van der Waals surface area contributed by atoms with Crippen LogP contribution < -0.4 is 4.90 Å². The molecule has 0 N–H and O–H groups in total. The van der Waals surface area contributed by atoms with Gasteiger partial charge in [0.2, 0.25) is 0 Å². The maximum Gasteiger partial charge on any atom is 0.416 e. The molecule has 132 valence electrons. The highest BCUT2D eigenvalue weighted by atomic mass is 19.4. The lowest BCUT2D eigenvalue weighted by molar-refractivity contribution is -0.384. The van der Waals surface area contributed by atoms with Gasteiger partial charge in [0.05, 0.1) is 22.5 Å². The third-order valence-corrected chi connectivity index (χ3v) is 4.08. The first-order valence-electron chi connectivity index (χ1n) is 7.36. The van der Waals surface area contributed by atoms with E-state index in [-0.39, 0.29) is 18.8 Å². The van der Waals surface area contributed by atoms with Crippen molar-refractivity contribution >= 4 is 17.3 Å². The molecule has 1 aliphatic heterocycles. The third-order valence-electron chi connectivity index (χ3n) is 4.08. The summed E-state index contributed by atoms with van der Waals surface area (Å²) in [4.78, 5) is 23.9. The zero-order valence-corrected chi connectivity index (χ0v) is 13.2. The molecule has 9 heteroatoms. The number of carbonyl (C=O) groups is 1. The summed E-state index contributed by atoms with van der Waals surface area (Å²) in [6.45, 7) is 4.05. The molecule has 1 atom stereocenters. The summed E-state index contributed by atoms with van der Waals surface area (Å²) in [5.41, 5.74) is -2.48. The van der Waals surface area contributed by atoms with E-state index in [4.69, 9.17) is 4.74 Å². The molecule has 1 heterocycles. The van der Waals surface area contributed by atoms with E-state index in [1.165, 1.54) is 0 Å². The highest BCUT2D eigenvalue weighted by Gasteiger charge is 2.43. The van der Waals surface area contributed by atoms with Gasteiger partial charge in [-0.3, -0.25) is 14.9 Å². The van der Waals surface area contributed by atoms with Crippen LogP contribution in [0.2, 0.25) is 0 Å². The summed E-state index contributed by atoms with van der Waals surface area (Å²) in [7, 11) is 0. The number of ether oxygens (including phenoxy) is 1. The number of benzene rings is 1. The molecule has 0 spiro atoms. The molecule has 1 saturated heterocycles. The number of anilines is 1. The van der Waals surface area contributed by atoms with Gasteiger partial charge in [-0.1, -0.05) is 0 Å². The van der Waals surface area contributed by atoms with Crippen molar-refractivity contribution in [1.82, 2.24) is 0 Å². The van der Waals surface area contributed by atoms with Crippen LogP contribution >= 0.6 is 0 Å². The van der Waals surface area contributed by atoms with E-state index >= 15 is 0 Å². The summed E-state index contributed by atoms with van der Waals surface area (Å²) in [6.07, 6.45) is -4.25.